The topological polar surface area (TPSA) is 87.6 Å². The minimum absolute atomic E-state index is 0. The van der Waals surface area contributed by atoms with E-state index in [0.29, 0.717) is 6.54 Å². The summed E-state index contributed by atoms with van der Waals surface area (Å²) in [7, 11) is 0. The Morgan fingerprint density at radius 2 is 2.15 bits per heavy atom. The van der Waals surface area contributed by atoms with Crippen LogP contribution in [0.2, 0.25) is 0 Å². The second-order valence-electron chi connectivity index (χ2n) is 5.97. The first-order valence-electron chi connectivity index (χ1n) is 8.27. The van der Waals surface area contributed by atoms with Crippen molar-refractivity contribution in [1.82, 2.24) is 30.4 Å². The van der Waals surface area contributed by atoms with Crippen LogP contribution in [0.25, 0.3) is 10.9 Å². The van der Waals surface area contributed by atoms with Crippen molar-refractivity contribution in [1.29, 1.82) is 0 Å². The maximum Gasteiger partial charge on any atom is 0.243 e. The van der Waals surface area contributed by atoms with Crippen molar-refractivity contribution in [3.63, 3.8) is 0 Å². The van der Waals surface area contributed by atoms with Crippen LogP contribution in [0.1, 0.15) is 23.9 Å². The number of halogens is 2. The molecule has 0 radical (unpaired) electrons. The molecule has 1 aromatic carbocycles. The summed E-state index contributed by atoms with van der Waals surface area (Å²) in [5.41, 5.74) is 2.99. The van der Waals surface area contributed by atoms with Crippen molar-refractivity contribution in [3.8, 4) is 0 Å². The molecule has 0 bridgehead atoms. The van der Waals surface area contributed by atoms with Crippen LogP contribution in [0.5, 0.6) is 0 Å². The monoisotopic (exact) mass is 396 g/mol. The van der Waals surface area contributed by atoms with Crippen molar-refractivity contribution >= 4 is 41.6 Å². The molecule has 0 spiro atoms. The van der Waals surface area contributed by atoms with E-state index in [2.05, 4.69) is 37.8 Å². The molecule has 9 heteroatoms. The minimum atomic E-state index is -0.356. The number of aryl methyl sites for hydroxylation is 1. The number of nitrogens with zero attached hydrogens (tertiary/aromatic N) is 3. The molecule has 26 heavy (non-hydrogen) atoms. The molecular formula is C17H22Cl2N6O. The van der Waals surface area contributed by atoms with Gasteiger partial charge in [-0.2, -0.15) is 5.10 Å². The Morgan fingerprint density at radius 1 is 1.31 bits per heavy atom. The average Bonchev–Trinajstić information content (AvgIpc) is 3.25. The Morgan fingerprint density at radius 3 is 3.04 bits per heavy atom. The van der Waals surface area contributed by atoms with Crippen LogP contribution >= 0.6 is 24.8 Å². The zero-order valence-electron chi connectivity index (χ0n) is 14.1. The molecule has 1 amide bonds. The number of aromatic amines is 1. The van der Waals surface area contributed by atoms with E-state index in [-0.39, 0.29) is 36.8 Å². The highest BCUT2D eigenvalue weighted by molar-refractivity contribution is 5.85. The highest BCUT2D eigenvalue weighted by Gasteiger charge is 2.27. The number of para-hydroxylation sites is 1. The number of imidazole rings is 1. The van der Waals surface area contributed by atoms with Crippen LogP contribution in [0.4, 0.5) is 0 Å². The number of aromatic nitrogens is 4. The third-order valence-corrected chi connectivity index (χ3v) is 4.41. The molecule has 0 fully saturated rings. The van der Waals surface area contributed by atoms with E-state index in [1.165, 1.54) is 0 Å². The number of amides is 1. The molecule has 2 aromatic heterocycles. The Labute approximate surface area is 163 Å². The molecule has 7 nitrogen and oxygen atoms in total. The average molecular weight is 397 g/mol. The van der Waals surface area contributed by atoms with E-state index >= 15 is 0 Å². The van der Waals surface area contributed by atoms with Crippen molar-refractivity contribution in [3.05, 3.63) is 48.2 Å². The molecule has 3 heterocycles. The normalized spacial score (nSPS) is 15.6. The number of carbonyl (C=O) groups excluding carboxylic acids is 1. The van der Waals surface area contributed by atoms with Gasteiger partial charge in [0.2, 0.25) is 5.91 Å². The lowest BCUT2D eigenvalue weighted by Crippen LogP contribution is -2.42. The van der Waals surface area contributed by atoms with Crippen LogP contribution in [-0.2, 0) is 17.8 Å². The highest BCUT2D eigenvalue weighted by Crippen LogP contribution is 2.19. The van der Waals surface area contributed by atoms with Gasteiger partial charge >= 0.3 is 0 Å². The van der Waals surface area contributed by atoms with Crippen LogP contribution in [0.15, 0.2) is 36.8 Å². The first-order valence-corrected chi connectivity index (χ1v) is 8.27. The summed E-state index contributed by atoms with van der Waals surface area (Å²) in [5.74, 6) is -0.0200. The van der Waals surface area contributed by atoms with Gasteiger partial charge < -0.3 is 15.6 Å². The van der Waals surface area contributed by atoms with Crippen LogP contribution < -0.4 is 10.6 Å². The van der Waals surface area contributed by atoms with Crippen LogP contribution in [0.3, 0.4) is 0 Å². The number of carbonyl (C=O) groups is 1. The largest absolute Gasteiger partial charge is 0.354 e. The van der Waals surface area contributed by atoms with Crippen LogP contribution in [-0.4, -0.2) is 38.7 Å². The van der Waals surface area contributed by atoms with Gasteiger partial charge in [-0.1, -0.05) is 18.2 Å². The highest BCUT2D eigenvalue weighted by atomic mass is 35.5. The van der Waals surface area contributed by atoms with Crippen molar-refractivity contribution in [2.75, 3.05) is 13.1 Å². The zero-order valence-corrected chi connectivity index (χ0v) is 15.8. The van der Waals surface area contributed by atoms with Crippen molar-refractivity contribution < 1.29 is 4.79 Å². The standard InChI is InChI=1S/C17H20N6O.2ClH/c24-17(16-15-13(6-8-18-16)20-11-21-15)19-7-3-9-23-14-5-2-1-4-12(14)10-22-23;;/h1-2,4-5,10-11,16,18H,3,6-9H2,(H,19,24)(H,20,21);2*1H. The van der Waals surface area contributed by atoms with Gasteiger partial charge in [-0.25, -0.2) is 4.98 Å². The predicted octanol–water partition coefficient (Wildman–Crippen LogP) is 2.00. The number of hydrogen-bond donors (Lipinski definition) is 3. The van der Waals surface area contributed by atoms with E-state index in [4.69, 9.17) is 0 Å². The molecule has 0 aliphatic carbocycles. The molecular weight excluding hydrogens is 375 g/mol. The number of benzene rings is 1. The second kappa shape index (κ2) is 9.02. The lowest BCUT2D eigenvalue weighted by atomic mass is 10.1. The molecule has 140 valence electrons. The first-order chi connectivity index (χ1) is 11.8. The lowest BCUT2D eigenvalue weighted by molar-refractivity contribution is -0.123. The fraction of sp³-hybridized carbons (Fsp3) is 0.353. The predicted molar refractivity (Wildman–Crippen MR) is 105 cm³/mol. The Kier molecular flexibility index (Phi) is 7.02. The van der Waals surface area contributed by atoms with E-state index in [9.17, 15) is 4.79 Å². The van der Waals surface area contributed by atoms with Crippen molar-refractivity contribution in [2.24, 2.45) is 0 Å². The molecule has 1 aliphatic rings. The number of hydrogen-bond acceptors (Lipinski definition) is 4. The third kappa shape index (κ3) is 4.00. The molecule has 3 N–H and O–H groups in total. The third-order valence-electron chi connectivity index (χ3n) is 4.41. The SMILES string of the molecule is Cl.Cl.O=C(NCCCn1ncc2ccccc21)C1NCCc2[nH]cnc21. The van der Waals surface area contributed by atoms with E-state index in [0.717, 1.165) is 48.2 Å². The number of H-pyrrole nitrogens is 1. The first kappa shape index (κ1) is 20.2. The maximum absolute atomic E-state index is 12.4. The van der Waals surface area contributed by atoms with Crippen molar-refractivity contribution in [2.45, 2.75) is 25.4 Å². The Hall–Kier alpha value is -2.09. The van der Waals surface area contributed by atoms with Gasteiger partial charge in [0.1, 0.15) is 6.04 Å². The molecule has 1 aliphatic heterocycles. The summed E-state index contributed by atoms with van der Waals surface area (Å²) in [6.45, 7) is 2.18. The van der Waals surface area contributed by atoms with E-state index < -0.39 is 0 Å². The number of rotatable bonds is 5. The fourth-order valence-electron chi connectivity index (χ4n) is 3.18. The van der Waals surface area contributed by atoms with E-state index in [1.54, 1.807) is 6.33 Å². The molecule has 1 unspecified atom stereocenters. The van der Waals surface area contributed by atoms with Gasteiger partial charge in [0.25, 0.3) is 0 Å². The summed E-state index contributed by atoms with van der Waals surface area (Å²) >= 11 is 0. The van der Waals surface area contributed by atoms with Gasteiger partial charge in [-0.15, -0.1) is 24.8 Å². The number of fused-ring (bicyclic) bond motifs is 2. The summed E-state index contributed by atoms with van der Waals surface area (Å²) < 4.78 is 1.98. The van der Waals surface area contributed by atoms with Crippen LogP contribution in [0, 0.1) is 0 Å². The molecule has 1 atom stereocenters. The van der Waals surface area contributed by atoms with E-state index in [1.807, 2.05) is 23.0 Å². The molecule has 3 aromatic rings. The number of nitrogens with one attached hydrogen (secondary N) is 3. The Bertz CT molecular complexity index is 862. The molecule has 0 saturated carbocycles. The molecule has 0 saturated heterocycles. The second-order valence-corrected chi connectivity index (χ2v) is 5.97. The quantitative estimate of drug-likeness (QED) is 0.575. The minimum Gasteiger partial charge on any atom is -0.354 e. The Balaban J connectivity index is 0.00000121. The summed E-state index contributed by atoms with van der Waals surface area (Å²) in [5, 5.41) is 11.8. The lowest BCUT2D eigenvalue weighted by Gasteiger charge is -2.22. The maximum atomic E-state index is 12.4. The smallest absolute Gasteiger partial charge is 0.243 e. The summed E-state index contributed by atoms with van der Waals surface area (Å²) in [6, 6.07) is 7.78. The summed E-state index contributed by atoms with van der Waals surface area (Å²) in [4.78, 5) is 19.8. The zero-order chi connectivity index (χ0) is 16.4. The van der Waals surface area contributed by atoms with Gasteiger partial charge in [0, 0.05) is 37.1 Å². The van der Waals surface area contributed by atoms with Gasteiger partial charge in [0.15, 0.2) is 0 Å². The van der Waals surface area contributed by atoms with Gasteiger partial charge in [0.05, 0.1) is 23.7 Å². The summed E-state index contributed by atoms with van der Waals surface area (Å²) in [6.07, 6.45) is 5.24. The fourth-order valence-corrected chi connectivity index (χ4v) is 3.18. The van der Waals surface area contributed by atoms with Gasteiger partial charge in [-0.3, -0.25) is 9.48 Å². The molecule has 4 rings (SSSR count). The van der Waals surface area contributed by atoms with Gasteiger partial charge in [-0.05, 0) is 12.5 Å².